The number of Topliss-reactive ketones (excluding diaryl/α,β-unsaturated/α-hetero) is 1. The summed E-state index contributed by atoms with van der Waals surface area (Å²) in [4.78, 5) is 41.4. The van der Waals surface area contributed by atoms with Crippen LogP contribution in [0.3, 0.4) is 0 Å². The van der Waals surface area contributed by atoms with Crippen LogP contribution in [0.25, 0.3) is 0 Å². The summed E-state index contributed by atoms with van der Waals surface area (Å²) in [6.07, 6.45) is -16.0. The first-order valence-electron chi connectivity index (χ1n) is 31.4. The van der Waals surface area contributed by atoms with Gasteiger partial charge in [-0.05, 0) is 66.3 Å². The fourth-order valence-corrected chi connectivity index (χ4v) is 11.3. The molecule has 7 aromatic carbocycles. The van der Waals surface area contributed by atoms with Crippen molar-refractivity contribution in [2.45, 2.75) is 165 Å². The zero-order chi connectivity index (χ0) is 63.9. The van der Waals surface area contributed by atoms with Crippen LogP contribution in [-0.2, 0) is 116 Å². The maximum Gasteiger partial charge on any atom is 0.338 e. The number of ether oxygens (including phenoxy) is 14. The van der Waals surface area contributed by atoms with Gasteiger partial charge in [0.05, 0.1) is 77.0 Å². The lowest BCUT2D eigenvalue weighted by Gasteiger charge is -2.51. The van der Waals surface area contributed by atoms with Crippen LogP contribution < -0.4 is 0 Å². The van der Waals surface area contributed by atoms with Crippen molar-refractivity contribution >= 4 is 17.7 Å². The van der Waals surface area contributed by atoms with Gasteiger partial charge in [0.1, 0.15) is 54.6 Å². The van der Waals surface area contributed by atoms with Crippen molar-refractivity contribution in [2.75, 3.05) is 13.2 Å². The molecule has 92 heavy (non-hydrogen) atoms. The number of rotatable bonds is 32. The summed E-state index contributed by atoms with van der Waals surface area (Å²) in [5, 5.41) is 0. The Morgan fingerprint density at radius 3 is 1.25 bits per heavy atom. The first-order valence-corrected chi connectivity index (χ1v) is 31.4. The molecule has 17 heteroatoms. The number of esters is 2. The normalized spacial score (nSPS) is 26.3. The maximum absolute atomic E-state index is 14.7. The van der Waals surface area contributed by atoms with Crippen LogP contribution in [0.4, 0.5) is 0 Å². The summed E-state index contributed by atoms with van der Waals surface area (Å²) in [5.74, 6) is -1.67. The molecule has 0 N–H and O–H groups in total. The van der Waals surface area contributed by atoms with Crippen LogP contribution in [-0.4, -0.2) is 123 Å². The molecule has 0 unspecified atom stereocenters. The molecule has 3 aliphatic heterocycles. The van der Waals surface area contributed by atoms with Gasteiger partial charge in [-0.2, -0.15) is 0 Å². The largest absolute Gasteiger partial charge is 0.454 e. The predicted molar refractivity (Wildman–Crippen MR) is 340 cm³/mol. The van der Waals surface area contributed by atoms with Crippen molar-refractivity contribution in [3.05, 3.63) is 264 Å². The third-order valence-corrected chi connectivity index (χ3v) is 16.0. The molecule has 3 heterocycles. The summed E-state index contributed by atoms with van der Waals surface area (Å²) in [7, 11) is 0. The molecule has 3 fully saturated rings. The number of carbonyl (C=O) groups is 3. The van der Waals surface area contributed by atoms with E-state index in [1.165, 1.54) is 6.92 Å². The lowest BCUT2D eigenvalue weighted by Crippen LogP contribution is -2.67. The van der Waals surface area contributed by atoms with Crippen molar-refractivity contribution in [1.29, 1.82) is 0 Å². The van der Waals surface area contributed by atoms with Crippen molar-refractivity contribution in [2.24, 2.45) is 0 Å². The van der Waals surface area contributed by atoms with E-state index in [0.29, 0.717) is 0 Å². The smallest absolute Gasteiger partial charge is 0.338 e. The summed E-state index contributed by atoms with van der Waals surface area (Å²) in [6.45, 7) is 9.78. The fourth-order valence-electron chi connectivity index (χ4n) is 11.3. The molecule has 3 aliphatic rings. The third kappa shape index (κ3) is 19.3. The van der Waals surface area contributed by atoms with Gasteiger partial charge in [0.25, 0.3) is 0 Å². The van der Waals surface area contributed by atoms with Gasteiger partial charge in [0.15, 0.2) is 31.1 Å². The number of benzene rings is 7. The van der Waals surface area contributed by atoms with Crippen LogP contribution in [0, 0.1) is 0 Å². The van der Waals surface area contributed by atoms with Crippen molar-refractivity contribution < 1.29 is 80.7 Å². The minimum absolute atomic E-state index is 0.0125. The van der Waals surface area contributed by atoms with Crippen LogP contribution in [0.15, 0.2) is 225 Å². The molecule has 10 rings (SSSR count). The van der Waals surface area contributed by atoms with E-state index in [1.807, 2.05) is 189 Å². The Balaban J connectivity index is 1.08. The second-order valence-corrected chi connectivity index (χ2v) is 23.0. The minimum Gasteiger partial charge on any atom is -0.454 e. The third-order valence-electron chi connectivity index (χ3n) is 16.0. The summed E-state index contributed by atoms with van der Waals surface area (Å²) < 4.78 is 96.8. The molecular weight excluding hydrogens is 1170 g/mol. The van der Waals surface area contributed by atoms with Crippen molar-refractivity contribution in [3.8, 4) is 0 Å². The lowest BCUT2D eigenvalue weighted by atomic mass is 9.95. The van der Waals surface area contributed by atoms with Crippen molar-refractivity contribution in [1.82, 2.24) is 0 Å². The van der Waals surface area contributed by atoms with E-state index in [4.69, 9.17) is 66.3 Å². The summed E-state index contributed by atoms with van der Waals surface area (Å²) in [5.41, 5.74) is 5.54. The van der Waals surface area contributed by atoms with E-state index in [1.54, 1.807) is 43.3 Å². The highest BCUT2D eigenvalue weighted by atomic mass is 16.8. The Labute approximate surface area is 538 Å². The molecule has 0 aliphatic carbocycles. The van der Waals surface area contributed by atoms with E-state index in [2.05, 4.69) is 6.58 Å². The van der Waals surface area contributed by atoms with E-state index in [0.717, 1.165) is 33.4 Å². The Bertz CT molecular complexity index is 3300. The van der Waals surface area contributed by atoms with Crippen LogP contribution in [0.5, 0.6) is 0 Å². The first kappa shape index (κ1) is 67.3. The Morgan fingerprint density at radius 2 is 0.772 bits per heavy atom. The maximum atomic E-state index is 14.7. The molecular formula is C75H82O17. The molecule has 0 amide bonds. The highest BCUT2D eigenvalue weighted by molar-refractivity contribution is 5.89. The predicted octanol–water partition coefficient (Wildman–Crippen LogP) is 11.8. The topological polar surface area (TPSA) is 180 Å². The van der Waals surface area contributed by atoms with Gasteiger partial charge in [0.2, 0.25) is 0 Å². The molecule has 0 aromatic heterocycles. The number of carbonyl (C=O) groups excluding carboxylic acids is 3. The number of ketones is 1. The molecule has 484 valence electrons. The molecule has 0 radical (unpaired) electrons. The molecule has 7 aromatic rings. The molecule has 3 saturated heterocycles. The fraction of sp³-hybridized carbons (Fsp3) is 0.373. The monoisotopic (exact) mass is 1250 g/mol. The standard InChI is InChI=1S/C75H82O17/c1-5-43-80-73-71(90-72(78)60-39-25-12-26-40-60)68(92-75-70(89-62(77)42-41-51(2)76)66(83-47-57-33-19-9-20-34-57)63(52(3)87-75)81-45-55-29-15-7-16-30-55)64(53(4)86-73)91-74-69(85-49-59-37-23-11-24-38-59)67(84-48-58-35-21-10-22-36-58)65(82-46-56-31-17-8-18-32-56)61(88-74)50-79-44-54-27-13-6-14-28-54/h5-40,52-53,61,63-71,73-75H,1,41-50H2,2-4H3/t52-,53-,61+,63-,64-,65+,66+,67-,68+,69+,70+,71+,73+,74+,75-/m0/s1. The quantitative estimate of drug-likeness (QED) is 0.0287. The number of hydrogen-bond donors (Lipinski definition) is 0. The van der Waals surface area contributed by atoms with Gasteiger partial charge in [-0.1, -0.05) is 206 Å². The minimum atomic E-state index is -1.52. The van der Waals surface area contributed by atoms with E-state index in [-0.39, 0.29) is 77.0 Å². The van der Waals surface area contributed by atoms with Crippen LogP contribution >= 0.6 is 0 Å². The van der Waals surface area contributed by atoms with Gasteiger partial charge >= 0.3 is 11.9 Å². The van der Waals surface area contributed by atoms with Gasteiger partial charge in [-0.25, -0.2) is 4.79 Å². The SMILES string of the molecule is C=CCO[C@@H]1O[C@@H](C)[C@H](O[C@H]2O[C@H](COCc3ccccc3)[C@@H](OCc3ccccc3)[C@H](OCc3ccccc3)[C@H]2OCc2ccccc2)[C@@H](O[C@@H]2O[C@@H](C)[C@H](OCc3ccccc3)[C@@H](OCc3ccccc3)[C@H]2OC(=O)CCC(C)=O)[C@H]1OC(=O)c1ccccc1. The molecule has 17 nitrogen and oxygen atoms in total. The zero-order valence-electron chi connectivity index (χ0n) is 52.2. The lowest BCUT2D eigenvalue weighted by molar-refractivity contribution is -0.389. The Morgan fingerprint density at radius 1 is 0.391 bits per heavy atom. The first-order chi connectivity index (χ1) is 45.1. The van der Waals surface area contributed by atoms with Gasteiger partial charge in [-0.15, -0.1) is 6.58 Å². The van der Waals surface area contributed by atoms with Crippen LogP contribution in [0.2, 0.25) is 0 Å². The second kappa shape index (κ2) is 34.9. The highest BCUT2D eigenvalue weighted by Crippen LogP contribution is 2.39. The van der Waals surface area contributed by atoms with E-state index in [9.17, 15) is 14.4 Å². The van der Waals surface area contributed by atoms with Crippen molar-refractivity contribution in [3.63, 3.8) is 0 Å². The van der Waals surface area contributed by atoms with Gasteiger partial charge in [-0.3, -0.25) is 4.79 Å². The van der Waals surface area contributed by atoms with E-state index >= 15 is 0 Å². The number of hydrogen-bond acceptors (Lipinski definition) is 17. The average molecular weight is 1260 g/mol. The summed E-state index contributed by atoms with van der Waals surface area (Å²) in [6, 6.07) is 66.8. The second-order valence-electron chi connectivity index (χ2n) is 23.0. The summed E-state index contributed by atoms with van der Waals surface area (Å²) >= 11 is 0. The average Bonchev–Trinajstić information content (AvgIpc) is 0.792. The van der Waals surface area contributed by atoms with Gasteiger partial charge in [0, 0.05) is 6.42 Å². The molecule has 0 saturated carbocycles. The molecule has 0 spiro atoms. The van der Waals surface area contributed by atoms with Crippen LogP contribution in [0.1, 0.15) is 77.4 Å². The Hall–Kier alpha value is -7.59. The zero-order valence-corrected chi connectivity index (χ0v) is 52.2. The van der Waals surface area contributed by atoms with Gasteiger partial charge < -0.3 is 71.1 Å². The Kier molecular flexibility index (Phi) is 25.5. The highest BCUT2D eigenvalue weighted by Gasteiger charge is 2.57. The molecule has 15 atom stereocenters. The van der Waals surface area contributed by atoms with E-state index < -0.39 is 104 Å². The molecule has 0 bridgehead atoms.